The molecule has 6 heteroatoms. The quantitative estimate of drug-likeness (QED) is 0.892. The lowest BCUT2D eigenvalue weighted by Crippen LogP contribution is -2.41. The van der Waals surface area contributed by atoms with Gasteiger partial charge in [0, 0.05) is 26.0 Å². The number of aromatic nitrogens is 2. The SMILES string of the molecule is CCCN1CC2(CCN(Cc3nccn3C)CC2)C[C@H]1C(=O)O. The Balaban J connectivity index is 1.59. The minimum atomic E-state index is -0.647. The Hall–Kier alpha value is -1.40. The van der Waals surface area contributed by atoms with Crippen molar-refractivity contribution in [2.45, 2.75) is 45.2 Å². The zero-order valence-electron chi connectivity index (χ0n) is 14.2. The van der Waals surface area contributed by atoms with Crippen LogP contribution in [-0.4, -0.2) is 62.6 Å². The third kappa shape index (κ3) is 3.43. The Labute approximate surface area is 138 Å². The monoisotopic (exact) mass is 320 g/mol. The van der Waals surface area contributed by atoms with Crippen LogP contribution in [0.2, 0.25) is 0 Å². The molecule has 2 aliphatic rings. The highest BCUT2D eigenvalue weighted by atomic mass is 16.4. The number of aryl methyl sites for hydroxylation is 1. The Morgan fingerprint density at radius 3 is 2.74 bits per heavy atom. The van der Waals surface area contributed by atoms with Crippen LogP contribution >= 0.6 is 0 Å². The molecule has 0 saturated carbocycles. The fourth-order valence-electron chi connectivity index (χ4n) is 4.21. The van der Waals surface area contributed by atoms with Gasteiger partial charge in [-0.15, -0.1) is 0 Å². The average Bonchev–Trinajstić information content (AvgIpc) is 3.07. The van der Waals surface area contributed by atoms with Gasteiger partial charge >= 0.3 is 5.97 Å². The van der Waals surface area contributed by atoms with E-state index in [1.54, 1.807) is 0 Å². The largest absolute Gasteiger partial charge is 0.480 e. The number of piperidine rings is 1. The maximum atomic E-state index is 11.6. The summed E-state index contributed by atoms with van der Waals surface area (Å²) in [5.41, 5.74) is 0.205. The topological polar surface area (TPSA) is 61.6 Å². The molecule has 2 aliphatic heterocycles. The van der Waals surface area contributed by atoms with Crippen molar-refractivity contribution in [3.8, 4) is 0 Å². The number of nitrogens with zero attached hydrogens (tertiary/aromatic N) is 4. The number of likely N-dealkylation sites (tertiary alicyclic amines) is 2. The average molecular weight is 320 g/mol. The van der Waals surface area contributed by atoms with Crippen LogP contribution < -0.4 is 0 Å². The van der Waals surface area contributed by atoms with Crippen molar-refractivity contribution >= 4 is 5.97 Å². The van der Waals surface area contributed by atoms with E-state index in [4.69, 9.17) is 0 Å². The number of imidazole rings is 1. The Kier molecular flexibility index (Phi) is 4.73. The third-order valence-electron chi connectivity index (χ3n) is 5.60. The summed E-state index contributed by atoms with van der Waals surface area (Å²) in [6.07, 6.45) is 7.86. The molecule has 2 fully saturated rings. The highest BCUT2D eigenvalue weighted by Gasteiger charge is 2.47. The van der Waals surface area contributed by atoms with E-state index in [0.29, 0.717) is 0 Å². The molecule has 1 N–H and O–H groups in total. The van der Waals surface area contributed by atoms with E-state index in [2.05, 4.69) is 26.3 Å². The molecule has 6 nitrogen and oxygen atoms in total. The van der Waals surface area contributed by atoms with E-state index in [1.807, 2.05) is 19.4 Å². The van der Waals surface area contributed by atoms with Gasteiger partial charge in [0.15, 0.2) is 0 Å². The molecule has 23 heavy (non-hydrogen) atoms. The van der Waals surface area contributed by atoms with Gasteiger partial charge in [-0.25, -0.2) is 4.98 Å². The highest BCUT2D eigenvalue weighted by Crippen LogP contribution is 2.43. The number of carbonyl (C=O) groups is 1. The van der Waals surface area contributed by atoms with Gasteiger partial charge in [-0.1, -0.05) is 6.92 Å². The Morgan fingerprint density at radius 2 is 2.17 bits per heavy atom. The maximum absolute atomic E-state index is 11.6. The number of hydrogen-bond acceptors (Lipinski definition) is 4. The van der Waals surface area contributed by atoms with Crippen molar-refractivity contribution in [2.75, 3.05) is 26.2 Å². The van der Waals surface area contributed by atoms with Crippen LogP contribution in [0.4, 0.5) is 0 Å². The highest BCUT2D eigenvalue weighted by molar-refractivity contribution is 5.74. The maximum Gasteiger partial charge on any atom is 0.320 e. The summed E-state index contributed by atoms with van der Waals surface area (Å²) in [6.45, 7) is 6.95. The lowest BCUT2D eigenvalue weighted by atomic mass is 9.76. The summed E-state index contributed by atoms with van der Waals surface area (Å²) in [4.78, 5) is 20.6. The van der Waals surface area contributed by atoms with Gasteiger partial charge in [0.25, 0.3) is 0 Å². The fraction of sp³-hybridized carbons (Fsp3) is 0.765. The molecule has 1 spiro atoms. The lowest BCUT2D eigenvalue weighted by molar-refractivity contribution is -0.142. The standard InChI is InChI=1S/C17H28N4O2/c1-3-7-21-13-17(11-14(21)16(22)23)4-8-20(9-5-17)12-15-18-6-10-19(15)2/h6,10,14H,3-5,7-9,11-13H2,1-2H3,(H,22,23)/t14-/m0/s1. The van der Waals surface area contributed by atoms with Crippen LogP contribution in [0.5, 0.6) is 0 Å². The van der Waals surface area contributed by atoms with Crippen molar-refractivity contribution in [2.24, 2.45) is 12.5 Å². The second kappa shape index (κ2) is 6.61. The van der Waals surface area contributed by atoms with E-state index in [-0.39, 0.29) is 11.5 Å². The molecule has 3 rings (SSSR count). The molecule has 128 valence electrons. The van der Waals surface area contributed by atoms with E-state index in [9.17, 15) is 9.90 Å². The van der Waals surface area contributed by atoms with E-state index >= 15 is 0 Å². The Bertz CT molecular complexity index is 549. The Morgan fingerprint density at radius 1 is 1.43 bits per heavy atom. The molecule has 1 aromatic rings. The molecule has 3 heterocycles. The molecular weight excluding hydrogens is 292 g/mol. The predicted molar refractivity (Wildman–Crippen MR) is 88.1 cm³/mol. The normalized spacial score (nSPS) is 25.2. The first kappa shape index (κ1) is 16.5. The molecule has 0 unspecified atom stereocenters. The van der Waals surface area contributed by atoms with Gasteiger partial charge in [-0.3, -0.25) is 14.6 Å². The molecule has 0 radical (unpaired) electrons. The van der Waals surface area contributed by atoms with Crippen molar-refractivity contribution in [1.82, 2.24) is 19.4 Å². The van der Waals surface area contributed by atoms with Crippen LogP contribution in [0.3, 0.4) is 0 Å². The van der Waals surface area contributed by atoms with Crippen LogP contribution in [0, 0.1) is 5.41 Å². The third-order valence-corrected chi connectivity index (χ3v) is 5.60. The van der Waals surface area contributed by atoms with Crippen molar-refractivity contribution in [3.05, 3.63) is 18.2 Å². The number of carboxylic acids is 1. The lowest BCUT2D eigenvalue weighted by Gasteiger charge is -2.39. The van der Waals surface area contributed by atoms with Crippen LogP contribution in [0.1, 0.15) is 38.4 Å². The molecule has 0 aliphatic carbocycles. The first-order valence-corrected chi connectivity index (χ1v) is 8.68. The smallest absolute Gasteiger partial charge is 0.320 e. The number of rotatable bonds is 5. The molecule has 0 amide bonds. The summed E-state index contributed by atoms with van der Waals surface area (Å²) in [5.74, 6) is 0.453. The summed E-state index contributed by atoms with van der Waals surface area (Å²) < 4.78 is 2.07. The summed E-state index contributed by atoms with van der Waals surface area (Å²) in [5, 5.41) is 9.51. The first-order chi connectivity index (χ1) is 11.0. The zero-order chi connectivity index (χ0) is 16.4. The minimum Gasteiger partial charge on any atom is -0.480 e. The molecule has 0 aromatic carbocycles. The second-order valence-electron chi connectivity index (χ2n) is 7.26. The van der Waals surface area contributed by atoms with Crippen molar-refractivity contribution in [3.63, 3.8) is 0 Å². The summed E-state index contributed by atoms with van der Waals surface area (Å²) >= 11 is 0. The molecule has 1 atom stereocenters. The van der Waals surface area contributed by atoms with Gasteiger partial charge < -0.3 is 9.67 Å². The number of carboxylic acid groups (broad SMARTS) is 1. The van der Waals surface area contributed by atoms with Crippen LogP contribution in [0.25, 0.3) is 0 Å². The summed E-state index contributed by atoms with van der Waals surface area (Å²) in [6, 6.07) is -0.281. The number of aliphatic carboxylic acids is 1. The van der Waals surface area contributed by atoms with Gasteiger partial charge in [-0.2, -0.15) is 0 Å². The van der Waals surface area contributed by atoms with Gasteiger partial charge in [0.05, 0.1) is 6.54 Å². The van der Waals surface area contributed by atoms with Crippen molar-refractivity contribution in [1.29, 1.82) is 0 Å². The molecule has 0 bridgehead atoms. The zero-order valence-corrected chi connectivity index (χ0v) is 14.2. The van der Waals surface area contributed by atoms with Gasteiger partial charge in [0.1, 0.15) is 11.9 Å². The van der Waals surface area contributed by atoms with Crippen LogP contribution in [-0.2, 0) is 18.4 Å². The first-order valence-electron chi connectivity index (χ1n) is 8.68. The molecule has 2 saturated heterocycles. The van der Waals surface area contributed by atoms with Gasteiger partial charge in [0.2, 0.25) is 0 Å². The fourth-order valence-corrected chi connectivity index (χ4v) is 4.21. The minimum absolute atomic E-state index is 0.205. The second-order valence-corrected chi connectivity index (χ2v) is 7.26. The van der Waals surface area contributed by atoms with Crippen molar-refractivity contribution < 1.29 is 9.90 Å². The summed E-state index contributed by atoms with van der Waals surface area (Å²) in [7, 11) is 2.03. The van der Waals surface area contributed by atoms with E-state index < -0.39 is 5.97 Å². The molecular formula is C17H28N4O2. The number of hydrogen-bond donors (Lipinski definition) is 1. The van der Waals surface area contributed by atoms with Crippen LogP contribution in [0.15, 0.2) is 12.4 Å². The molecule has 1 aromatic heterocycles. The van der Waals surface area contributed by atoms with E-state index in [0.717, 1.165) is 64.2 Å². The van der Waals surface area contributed by atoms with E-state index in [1.165, 1.54) is 0 Å². The predicted octanol–water partition coefficient (Wildman–Crippen LogP) is 1.57. The van der Waals surface area contributed by atoms with Gasteiger partial charge in [-0.05, 0) is 50.7 Å².